The number of hydrogen-bond donors (Lipinski definition) is 1. The van der Waals surface area contributed by atoms with Crippen LogP contribution in [-0.4, -0.2) is 64.3 Å². The molecule has 1 aliphatic rings. The highest BCUT2D eigenvalue weighted by Crippen LogP contribution is 2.29. The summed E-state index contributed by atoms with van der Waals surface area (Å²) in [4.78, 5) is 38.9. The third-order valence-corrected chi connectivity index (χ3v) is 5.92. The van der Waals surface area contributed by atoms with Gasteiger partial charge in [0.05, 0.1) is 23.3 Å². The number of amides is 2. The van der Waals surface area contributed by atoms with Crippen LogP contribution in [0.5, 0.6) is 0 Å². The lowest BCUT2D eigenvalue weighted by molar-refractivity contribution is -0.131. The number of likely N-dealkylation sites (N-methyl/N-ethyl adjacent to an activating group) is 1. The molecule has 1 fully saturated rings. The summed E-state index contributed by atoms with van der Waals surface area (Å²) in [5, 5.41) is 3.84. The van der Waals surface area contributed by atoms with Gasteiger partial charge in [-0.1, -0.05) is 24.3 Å². The maximum Gasteiger partial charge on any atom is 0.252 e. The van der Waals surface area contributed by atoms with Gasteiger partial charge in [-0.15, -0.1) is 0 Å². The smallest absolute Gasteiger partial charge is 0.252 e. The second-order valence-electron chi connectivity index (χ2n) is 9.06. The fourth-order valence-electron chi connectivity index (χ4n) is 4.32. The van der Waals surface area contributed by atoms with Gasteiger partial charge in [0.25, 0.3) is 5.91 Å². The number of carbonyl (C=O) groups is 2. The van der Waals surface area contributed by atoms with Crippen molar-refractivity contribution in [3.8, 4) is 0 Å². The van der Waals surface area contributed by atoms with Crippen molar-refractivity contribution in [3.05, 3.63) is 71.7 Å². The summed E-state index contributed by atoms with van der Waals surface area (Å²) in [5.74, 6) is 0.131. The van der Waals surface area contributed by atoms with E-state index in [0.717, 1.165) is 28.7 Å². The van der Waals surface area contributed by atoms with E-state index in [2.05, 4.69) is 10.3 Å². The lowest BCUT2D eigenvalue weighted by atomic mass is 9.99. The second kappa shape index (κ2) is 10.1. The summed E-state index contributed by atoms with van der Waals surface area (Å²) in [7, 11) is 1.94. The molecule has 0 saturated carbocycles. The van der Waals surface area contributed by atoms with E-state index >= 15 is 0 Å². The van der Waals surface area contributed by atoms with Crippen LogP contribution in [0.25, 0.3) is 10.9 Å². The quantitative estimate of drug-likeness (QED) is 0.604. The van der Waals surface area contributed by atoms with E-state index in [1.54, 1.807) is 6.20 Å². The van der Waals surface area contributed by atoms with Crippen LogP contribution in [0.4, 0.5) is 0 Å². The maximum absolute atomic E-state index is 12.9. The van der Waals surface area contributed by atoms with Crippen LogP contribution in [0, 0.1) is 0 Å². The molecule has 0 aliphatic carbocycles. The number of benzene rings is 1. The van der Waals surface area contributed by atoms with E-state index < -0.39 is 0 Å². The normalized spacial score (nSPS) is 16.0. The molecule has 2 amide bonds. The van der Waals surface area contributed by atoms with Crippen LogP contribution in [0.15, 0.2) is 54.7 Å². The molecule has 7 heteroatoms. The minimum absolute atomic E-state index is 0.0514. The maximum atomic E-state index is 12.9. The SMILES string of the molecule is CC(C)NC(=O)c1cc([C@H]2CCN(C(=O)CN(C)Cc3ccccn3)C2)nc2ccccc12. The predicted molar refractivity (Wildman–Crippen MR) is 129 cm³/mol. The van der Waals surface area contributed by atoms with Gasteiger partial charge in [0.1, 0.15) is 0 Å². The largest absolute Gasteiger partial charge is 0.350 e. The molecular weight excluding hydrogens is 414 g/mol. The second-order valence-corrected chi connectivity index (χ2v) is 9.06. The summed E-state index contributed by atoms with van der Waals surface area (Å²) >= 11 is 0. The molecular formula is C26H31N5O2. The Morgan fingerprint density at radius 2 is 1.97 bits per heavy atom. The van der Waals surface area contributed by atoms with E-state index in [9.17, 15) is 9.59 Å². The highest BCUT2D eigenvalue weighted by molar-refractivity contribution is 6.06. The zero-order valence-electron chi connectivity index (χ0n) is 19.5. The predicted octanol–water partition coefficient (Wildman–Crippen LogP) is 3.22. The van der Waals surface area contributed by atoms with Crippen molar-refractivity contribution in [2.24, 2.45) is 0 Å². The number of rotatable bonds is 7. The molecule has 2 aromatic heterocycles. The summed E-state index contributed by atoms with van der Waals surface area (Å²) in [6.07, 6.45) is 2.61. The van der Waals surface area contributed by atoms with Gasteiger partial charge >= 0.3 is 0 Å². The molecule has 33 heavy (non-hydrogen) atoms. The Morgan fingerprint density at radius 3 is 2.73 bits per heavy atom. The molecule has 172 valence electrons. The number of pyridine rings is 2. The number of fused-ring (bicyclic) bond motifs is 1. The van der Waals surface area contributed by atoms with Crippen LogP contribution in [0.2, 0.25) is 0 Å². The molecule has 0 bridgehead atoms. The molecule has 3 heterocycles. The van der Waals surface area contributed by atoms with Gasteiger partial charge in [-0.3, -0.25) is 24.5 Å². The first-order valence-electron chi connectivity index (χ1n) is 11.5. The first-order chi connectivity index (χ1) is 15.9. The van der Waals surface area contributed by atoms with E-state index in [-0.39, 0.29) is 23.8 Å². The van der Waals surface area contributed by atoms with Crippen LogP contribution < -0.4 is 5.32 Å². The minimum atomic E-state index is -0.0908. The van der Waals surface area contributed by atoms with Crippen molar-refractivity contribution in [3.63, 3.8) is 0 Å². The van der Waals surface area contributed by atoms with E-state index in [4.69, 9.17) is 4.98 Å². The Labute approximate surface area is 194 Å². The van der Waals surface area contributed by atoms with E-state index in [1.165, 1.54) is 0 Å². The van der Waals surface area contributed by atoms with Crippen LogP contribution >= 0.6 is 0 Å². The van der Waals surface area contributed by atoms with Crippen LogP contribution in [-0.2, 0) is 11.3 Å². The zero-order chi connectivity index (χ0) is 23.4. The van der Waals surface area contributed by atoms with E-state index in [1.807, 2.05) is 79.2 Å². The van der Waals surface area contributed by atoms with Gasteiger partial charge < -0.3 is 10.2 Å². The topological polar surface area (TPSA) is 78.4 Å². The number of para-hydroxylation sites is 1. The van der Waals surface area contributed by atoms with Crippen molar-refractivity contribution >= 4 is 22.7 Å². The van der Waals surface area contributed by atoms with E-state index in [0.29, 0.717) is 31.7 Å². The number of nitrogens with zero attached hydrogens (tertiary/aromatic N) is 4. The lowest BCUT2D eigenvalue weighted by Gasteiger charge is -2.21. The van der Waals surface area contributed by atoms with Gasteiger partial charge in [0, 0.05) is 48.9 Å². The highest BCUT2D eigenvalue weighted by atomic mass is 16.2. The Balaban J connectivity index is 1.46. The van der Waals surface area contributed by atoms with Crippen molar-refractivity contribution in [2.75, 3.05) is 26.7 Å². The van der Waals surface area contributed by atoms with Crippen molar-refractivity contribution in [1.29, 1.82) is 0 Å². The van der Waals surface area contributed by atoms with Gasteiger partial charge in [0.2, 0.25) is 5.91 Å². The fourth-order valence-corrected chi connectivity index (χ4v) is 4.32. The Kier molecular flexibility index (Phi) is 6.99. The third kappa shape index (κ3) is 5.54. The summed E-state index contributed by atoms with van der Waals surface area (Å²) < 4.78 is 0. The molecule has 0 unspecified atom stereocenters. The molecule has 3 aromatic rings. The van der Waals surface area contributed by atoms with Gasteiger partial charge in [-0.05, 0) is 51.6 Å². The molecule has 0 spiro atoms. The molecule has 7 nitrogen and oxygen atoms in total. The average Bonchev–Trinajstić information content (AvgIpc) is 3.29. The Morgan fingerprint density at radius 1 is 1.18 bits per heavy atom. The number of carbonyl (C=O) groups excluding carboxylic acids is 2. The summed E-state index contributed by atoms with van der Waals surface area (Å²) in [6.45, 7) is 6.19. The fraction of sp³-hybridized carbons (Fsp3) is 0.385. The first kappa shape index (κ1) is 22.9. The monoisotopic (exact) mass is 445 g/mol. The lowest BCUT2D eigenvalue weighted by Crippen LogP contribution is -2.37. The number of likely N-dealkylation sites (tertiary alicyclic amines) is 1. The first-order valence-corrected chi connectivity index (χ1v) is 11.5. The molecule has 1 aliphatic heterocycles. The minimum Gasteiger partial charge on any atom is -0.350 e. The Bertz CT molecular complexity index is 1130. The summed E-state index contributed by atoms with van der Waals surface area (Å²) in [5.41, 5.74) is 3.27. The molecule has 1 saturated heterocycles. The molecule has 1 atom stereocenters. The Hall–Kier alpha value is -3.32. The summed E-state index contributed by atoms with van der Waals surface area (Å²) in [6, 6.07) is 15.5. The molecule has 1 N–H and O–H groups in total. The van der Waals surface area contributed by atoms with Crippen LogP contribution in [0.3, 0.4) is 0 Å². The molecule has 4 rings (SSSR count). The third-order valence-electron chi connectivity index (χ3n) is 5.92. The van der Waals surface area contributed by atoms with Crippen molar-refractivity contribution in [2.45, 2.75) is 38.8 Å². The van der Waals surface area contributed by atoms with Gasteiger partial charge in [0.15, 0.2) is 0 Å². The number of hydrogen-bond acceptors (Lipinski definition) is 5. The average molecular weight is 446 g/mol. The van der Waals surface area contributed by atoms with Gasteiger partial charge in [-0.25, -0.2) is 0 Å². The van der Waals surface area contributed by atoms with Crippen molar-refractivity contribution < 1.29 is 9.59 Å². The van der Waals surface area contributed by atoms with Crippen molar-refractivity contribution in [1.82, 2.24) is 25.1 Å². The molecule has 0 radical (unpaired) electrons. The molecule has 1 aromatic carbocycles. The zero-order valence-corrected chi connectivity index (χ0v) is 19.5. The highest BCUT2D eigenvalue weighted by Gasteiger charge is 2.29. The number of nitrogens with one attached hydrogen (secondary N) is 1. The number of aromatic nitrogens is 2. The standard InChI is InChI=1S/C26H31N5O2/c1-18(2)28-26(33)22-14-24(29-23-10-5-4-9-21(22)23)19-11-13-31(15-19)25(32)17-30(3)16-20-8-6-7-12-27-20/h4-10,12,14,18-19H,11,13,15-17H2,1-3H3,(H,28,33)/t19-/m0/s1. The van der Waals surface area contributed by atoms with Gasteiger partial charge in [-0.2, -0.15) is 0 Å². The van der Waals surface area contributed by atoms with Crippen LogP contribution in [0.1, 0.15) is 47.9 Å².